The third-order valence-electron chi connectivity index (χ3n) is 5.21. The number of nitriles is 1. The summed E-state index contributed by atoms with van der Waals surface area (Å²) in [7, 11) is -3.88. The average Bonchev–Trinajstić information content (AvgIpc) is 3.28. The molecule has 3 aromatic carbocycles. The smallest absolute Gasteiger partial charge is 0.338 e. The van der Waals surface area contributed by atoms with Gasteiger partial charge >= 0.3 is 5.97 Å². The van der Waals surface area contributed by atoms with Crippen LogP contribution in [0.5, 0.6) is 0 Å². The number of ether oxygens (including phenoxy) is 1. The summed E-state index contributed by atoms with van der Waals surface area (Å²) in [4.78, 5) is 24.6. The molecule has 0 atom stereocenters. The van der Waals surface area contributed by atoms with Gasteiger partial charge in [0.15, 0.2) is 6.61 Å². The Morgan fingerprint density at radius 1 is 1.09 bits per heavy atom. The predicted molar refractivity (Wildman–Crippen MR) is 126 cm³/mol. The van der Waals surface area contributed by atoms with Crippen LogP contribution in [0.1, 0.15) is 21.5 Å². The molecule has 4 rings (SSSR count). The number of carbonyl (C=O) groups is 2. The number of amides is 1. The van der Waals surface area contributed by atoms with Crippen molar-refractivity contribution in [3.63, 3.8) is 0 Å². The van der Waals surface area contributed by atoms with E-state index < -0.39 is 28.5 Å². The van der Waals surface area contributed by atoms with Gasteiger partial charge in [-0.3, -0.25) is 9.10 Å². The zero-order chi connectivity index (χ0) is 24.3. The van der Waals surface area contributed by atoms with Gasteiger partial charge in [-0.15, -0.1) is 0 Å². The van der Waals surface area contributed by atoms with Crippen molar-refractivity contribution >= 4 is 44.9 Å². The van der Waals surface area contributed by atoms with E-state index in [1.165, 1.54) is 46.8 Å². The summed E-state index contributed by atoms with van der Waals surface area (Å²) in [6.07, 6.45) is 0.608. The van der Waals surface area contributed by atoms with Crippen LogP contribution in [-0.4, -0.2) is 33.4 Å². The molecule has 0 fully saturated rings. The third kappa shape index (κ3) is 4.73. The van der Waals surface area contributed by atoms with Gasteiger partial charge in [-0.2, -0.15) is 5.26 Å². The van der Waals surface area contributed by atoms with Crippen molar-refractivity contribution < 1.29 is 22.7 Å². The molecule has 0 aromatic heterocycles. The Hall–Kier alpha value is -3.87. The number of benzene rings is 3. The van der Waals surface area contributed by atoms with Crippen LogP contribution in [0, 0.1) is 11.3 Å². The fourth-order valence-electron chi connectivity index (χ4n) is 3.56. The van der Waals surface area contributed by atoms with Gasteiger partial charge in [0.2, 0.25) is 0 Å². The molecular weight excluding hydrogens is 478 g/mol. The van der Waals surface area contributed by atoms with E-state index >= 15 is 0 Å². The third-order valence-corrected chi connectivity index (χ3v) is 7.33. The lowest BCUT2D eigenvalue weighted by molar-refractivity contribution is -0.119. The second kappa shape index (κ2) is 9.55. The minimum atomic E-state index is -3.88. The minimum absolute atomic E-state index is 0.00257. The number of halogens is 1. The minimum Gasteiger partial charge on any atom is -0.452 e. The fourth-order valence-corrected chi connectivity index (χ4v) is 5.34. The van der Waals surface area contributed by atoms with Crippen LogP contribution in [0.4, 0.5) is 11.4 Å². The van der Waals surface area contributed by atoms with Crippen molar-refractivity contribution in [1.29, 1.82) is 5.26 Å². The maximum atomic E-state index is 13.2. The number of sulfonamides is 1. The van der Waals surface area contributed by atoms with Crippen LogP contribution >= 0.6 is 11.6 Å². The molecule has 10 heteroatoms. The summed E-state index contributed by atoms with van der Waals surface area (Å²) in [6.45, 7) is -0.275. The molecule has 0 saturated heterocycles. The van der Waals surface area contributed by atoms with Gasteiger partial charge in [-0.25, -0.2) is 13.2 Å². The number of nitrogens with zero attached hydrogens (tertiary/aromatic N) is 2. The van der Waals surface area contributed by atoms with Gasteiger partial charge in [0.05, 0.1) is 26.7 Å². The molecular formula is C24H18ClN3O5S. The Kier molecular flexibility index (Phi) is 6.54. The second-order valence-electron chi connectivity index (χ2n) is 7.41. The highest BCUT2D eigenvalue weighted by Crippen LogP contribution is 2.32. The number of rotatable bonds is 6. The molecule has 0 aliphatic carbocycles. The number of nitrogens with one attached hydrogen (secondary N) is 1. The number of hydrogen-bond acceptors (Lipinski definition) is 6. The van der Waals surface area contributed by atoms with Crippen LogP contribution in [0.2, 0.25) is 5.02 Å². The van der Waals surface area contributed by atoms with E-state index in [1.807, 2.05) is 18.2 Å². The zero-order valence-corrected chi connectivity index (χ0v) is 19.3. The van der Waals surface area contributed by atoms with E-state index in [-0.39, 0.29) is 21.0 Å². The summed E-state index contributed by atoms with van der Waals surface area (Å²) >= 11 is 5.94. The van der Waals surface area contributed by atoms with Gasteiger partial charge in [0.25, 0.3) is 15.9 Å². The van der Waals surface area contributed by atoms with Crippen molar-refractivity contribution in [2.75, 3.05) is 22.8 Å². The molecule has 0 bridgehead atoms. The SMILES string of the molecule is N#Cc1ccc(NC(=O)COC(=O)c2cccc(S(=O)(=O)N3CCc4ccccc43)c2)cc1Cl. The van der Waals surface area contributed by atoms with Crippen LogP contribution in [0.3, 0.4) is 0 Å². The van der Waals surface area contributed by atoms with Crippen LogP contribution in [0.15, 0.2) is 71.6 Å². The molecule has 34 heavy (non-hydrogen) atoms. The lowest BCUT2D eigenvalue weighted by atomic mass is 10.2. The first-order valence-electron chi connectivity index (χ1n) is 10.2. The molecule has 1 heterocycles. The largest absolute Gasteiger partial charge is 0.452 e. The molecule has 0 spiro atoms. The van der Waals surface area contributed by atoms with E-state index in [1.54, 1.807) is 12.1 Å². The second-order valence-corrected chi connectivity index (χ2v) is 9.68. The number of para-hydroxylation sites is 1. The molecule has 0 saturated carbocycles. The lowest BCUT2D eigenvalue weighted by Crippen LogP contribution is -2.29. The van der Waals surface area contributed by atoms with Crippen LogP contribution < -0.4 is 9.62 Å². The molecule has 8 nitrogen and oxygen atoms in total. The van der Waals surface area contributed by atoms with Gasteiger partial charge in [0.1, 0.15) is 6.07 Å². The molecule has 1 aliphatic rings. The average molecular weight is 496 g/mol. The predicted octanol–water partition coefficient (Wildman–Crippen LogP) is 3.76. The molecule has 0 unspecified atom stereocenters. The highest BCUT2D eigenvalue weighted by molar-refractivity contribution is 7.92. The van der Waals surface area contributed by atoms with Gasteiger partial charge in [0, 0.05) is 12.2 Å². The van der Waals surface area contributed by atoms with Crippen molar-refractivity contribution in [3.8, 4) is 6.07 Å². The Labute approximate surface area is 201 Å². The first-order valence-corrected chi connectivity index (χ1v) is 12.0. The monoisotopic (exact) mass is 495 g/mol. The van der Waals surface area contributed by atoms with Crippen molar-refractivity contribution in [2.45, 2.75) is 11.3 Å². The molecule has 0 radical (unpaired) electrons. The lowest BCUT2D eigenvalue weighted by Gasteiger charge is -2.19. The summed E-state index contributed by atoms with van der Waals surface area (Å²) in [6, 6.07) is 19.0. The number of fused-ring (bicyclic) bond motifs is 1. The molecule has 172 valence electrons. The van der Waals surface area contributed by atoms with Crippen molar-refractivity contribution in [3.05, 3.63) is 88.4 Å². The number of hydrogen-bond donors (Lipinski definition) is 1. The first-order chi connectivity index (χ1) is 16.3. The number of esters is 1. The van der Waals surface area contributed by atoms with Crippen molar-refractivity contribution in [1.82, 2.24) is 0 Å². The van der Waals surface area contributed by atoms with Gasteiger partial charge in [-0.05, 0) is 54.4 Å². The summed E-state index contributed by atoms with van der Waals surface area (Å²) in [5.41, 5.74) is 2.16. The summed E-state index contributed by atoms with van der Waals surface area (Å²) in [5.74, 6) is -1.46. The van der Waals surface area contributed by atoms with E-state index in [0.717, 1.165) is 5.56 Å². The normalized spacial score (nSPS) is 12.5. The maximum Gasteiger partial charge on any atom is 0.338 e. The van der Waals surface area contributed by atoms with E-state index in [2.05, 4.69) is 5.32 Å². The highest BCUT2D eigenvalue weighted by atomic mass is 35.5. The van der Waals surface area contributed by atoms with E-state index in [9.17, 15) is 18.0 Å². The molecule has 3 aromatic rings. The number of anilines is 2. The zero-order valence-electron chi connectivity index (χ0n) is 17.7. The topological polar surface area (TPSA) is 117 Å². The number of carbonyl (C=O) groups excluding carboxylic acids is 2. The van der Waals surface area contributed by atoms with Crippen molar-refractivity contribution in [2.24, 2.45) is 0 Å². The fraction of sp³-hybridized carbons (Fsp3) is 0.125. The van der Waals surface area contributed by atoms with Gasteiger partial charge < -0.3 is 10.1 Å². The Morgan fingerprint density at radius 3 is 2.65 bits per heavy atom. The van der Waals surface area contributed by atoms with Gasteiger partial charge in [-0.1, -0.05) is 35.9 Å². The molecule has 1 N–H and O–H groups in total. The van der Waals surface area contributed by atoms with Crippen LogP contribution in [-0.2, 0) is 26.0 Å². The van der Waals surface area contributed by atoms with Crippen LogP contribution in [0.25, 0.3) is 0 Å². The molecule has 1 aliphatic heterocycles. The standard InChI is InChI=1S/C24H18ClN3O5S/c25-21-13-19(9-8-18(21)14-26)27-23(29)15-33-24(30)17-5-3-6-20(12-17)34(31,32)28-11-10-16-4-1-2-7-22(16)28/h1-9,12-13H,10-11,15H2,(H,27,29). The molecule has 1 amide bonds. The Bertz CT molecular complexity index is 1430. The highest BCUT2D eigenvalue weighted by Gasteiger charge is 2.31. The van der Waals surface area contributed by atoms with E-state index in [4.69, 9.17) is 21.6 Å². The Balaban J connectivity index is 1.43. The summed E-state index contributed by atoms with van der Waals surface area (Å²) in [5, 5.41) is 11.6. The quantitative estimate of drug-likeness (QED) is 0.520. The first kappa shape index (κ1) is 23.3. The Morgan fingerprint density at radius 2 is 1.88 bits per heavy atom. The van der Waals surface area contributed by atoms with E-state index in [0.29, 0.717) is 24.3 Å². The maximum absolute atomic E-state index is 13.2. The summed E-state index contributed by atoms with van der Waals surface area (Å²) < 4.78 is 32.8.